The Hall–Kier alpha value is -3.38. The lowest BCUT2D eigenvalue weighted by Gasteiger charge is -2.23. The van der Waals surface area contributed by atoms with Gasteiger partial charge in [0.05, 0.1) is 16.9 Å². The van der Waals surface area contributed by atoms with E-state index in [-0.39, 0.29) is 6.23 Å². The van der Waals surface area contributed by atoms with E-state index in [2.05, 4.69) is 23.2 Å². The van der Waals surface area contributed by atoms with Gasteiger partial charge in [-0.2, -0.15) is 5.10 Å². The van der Waals surface area contributed by atoms with Crippen molar-refractivity contribution in [1.29, 1.82) is 0 Å². The fourth-order valence-electron chi connectivity index (χ4n) is 4.31. The summed E-state index contributed by atoms with van der Waals surface area (Å²) in [5, 5.41) is 5.92. The van der Waals surface area contributed by atoms with Gasteiger partial charge in [-0.05, 0) is 91.8 Å². The number of aryl methyl sites for hydroxylation is 2. The van der Waals surface area contributed by atoms with E-state index in [0.717, 1.165) is 59.8 Å². The maximum atomic E-state index is 13.5. The Labute approximate surface area is 191 Å². The third-order valence-electron chi connectivity index (χ3n) is 5.95. The predicted octanol–water partition coefficient (Wildman–Crippen LogP) is 6.36. The summed E-state index contributed by atoms with van der Waals surface area (Å²) in [6.45, 7) is 0.743. The molecule has 33 heavy (non-hydrogen) atoms. The van der Waals surface area contributed by atoms with Crippen molar-refractivity contribution in [1.82, 2.24) is 14.8 Å². The van der Waals surface area contributed by atoms with Gasteiger partial charge < -0.3 is 4.74 Å². The van der Waals surface area contributed by atoms with E-state index in [9.17, 15) is 8.78 Å². The maximum absolute atomic E-state index is 13.5. The summed E-state index contributed by atoms with van der Waals surface area (Å²) in [7, 11) is 0. The number of aromatic nitrogens is 3. The van der Waals surface area contributed by atoms with Crippen molar-refractivity contribution in [3.05, 3.63) is 94.9 Å². The van der Waals surface area contributed by atoms with Crippen LogP contribution in [0.1, 0.15) is 48.0 Å². The molecular formula is C27H25F2N3O. The van der Waals surface area contributed by atoms with E-state index in [1.54, 1.807) is 6.20 Å². The Morgan fingerprint density at radius 3 is 2.55 bits per heavy atom. The van der Waals surface area contributed by atoms with Crippen molar-refractivity contribution in [3.63, 3.8) is 0 Å². The Kier molecular flexibility index (Phi) is 6.26. The standard InChI is InChI=1S/C27H25F2N3O/c28-21-15-20(16-22(29)18-21)8-7-19-9-12-26-24(17-19)25(11-10-23-5-1-3-13-30-23)31-32(26)27-6-2-4-14-33-27/h1,3,5,9-13,15-18,27H,2,4,6-8,14H2/b11-10+. The first-order valence-electron chi connectivity index (χ1n) is 11.3. The number of nitrogens with zero attached hydrogens (tertiary/aromatic N) is 3. The van der Waals surface area contributed by atoms with Crippen LogP contribution < -0.4 is 0 Å². The third-order valence-corrected chi connectivity index (χ3v) is 5.95. The van der Waals surface area contributed by atoms with Crippen molar-refractivity contribution in [2.75, 3.05) is 6.61 Å². The quantitative estimate of drug-likeness (QED) is 0.346. The summed E-state index contributed by atoms with van der Waals surface area (Å²) in [6, 6.07) is 15.7. The predicted molar refractivity (Wildman–Crippen MR) is 126 cm³/mol. The average molecular weight is 446 g/mol. The molecule has 1 saturated heterocycles. The SMILES string of the molecule is Fc1cc(F)cc(CCc2ccc3c(c2)c(/C=C/c2ccccn2)nn3C2CCCCO2)c1. The smallest absolute Gasteiger partial charge is 0.150 e. The number of ether oxygens (including phenoxy) is 1. The number of benzene rings is 2. The van der Waals surface area contributed by atoms with E-state index >= 15 is 0 Å². The summed E-state index contributed by atoms with van der Waals surface area (Å²) in [5.74, 6) is -1.09. The van der Waals surface area contributed by atoms with Gasteiger partial charge in [-0.1, -0.05) is 12.1 Å². The molecule has 3 heterocycles. The summed E-state index contributed by atoms with van der Waals surface area (Å²) < 4.78 is 35.1. The molecule has 0 saturated carbocycles. The van der Waals surface area contributed by atoms with Gasteiger partial charge in [-0.3, -0.25) is 4.98 Å². The minimum atomic E-state index is -0.545. The Balaban J connectivity index is 1.47. The molecule has 4 aromatic rings. The van der Waals surface area contributed by atoms with Crippen LogP contribution >= 0.6 is 0 Å². The van der Waals surface area contributed by atoms with Crippen molar-refractivity contribution in [3.8, 4) is 0 Å². The normalized spacial score (nSPS) is 16.6. The molecule has 6 heteroatoms. The van der Waals surface area contributed by atoms with Crippen molar-refractivity contribution < 1.29 is 13.5 Å². The Morgan fingerprint density at radius 1 is 0.939 bits per heavy atom. The second-order valence-electron chi connectivity index (χ2n) is 8.37. The molecule has 1 atom stereocenters. The molecule has 1 aliphatic heterocycles. The van der Waals surface area contributed by atoms with Crippen LogP contribution in [0.5, 0.6) is 0 Å². The number of hydrogen-bond acceptors (Lipinski definition) is 3. The van der Waals surface area contributed by atoms with Crippen LogP contribution in [0, 0.1) is 11.6 Å². The molecule has 0 spiro atoms. The van der Waals surface area contributed by atoms with E-state index in [4.69, 9.17) is 9.84 Å². The highest BCUT2D eigenvalue weighted by atomic mass is 19.1. The molecule has 1 fully saturated rings. The first-order chi connectivity index (χ1) is 16.2. The zero-order chi connectivity index (χ0) is 22.6. The van der Waals surface area contributed by atoms with E-state index < -0.39 is 11.6 Å². The van der Waals surface area contributed by atoms with E-state index in [1.165, 1.54) is 12.1 Å². The molecule has 0 aliphatic carbocycles. The molecule has 1 aliphatic rings. The van der Waals surface area contributed by atoms with Gasteiger partial charge in [-0.25, -0.2) is 13.5 Å². The lowest BCUT2D eigenvalue weighted by Crippen LogP contribution is -2.19. The molecule has 168 valence electrons. The summed E-state index contributed by atoms with van der Waals surface area (Å²) in [5.41, 5.74) is 4.46. The highest BCUT2D eigenvalue weighted by Gasteiger charge is 2.20. The van der Waals surface area contributed by atoms with Crippen LogP contribution in [-0.2, 0) is 17.6 Å². The van der Waals surface area contributed by atoms with Gasteiger partial charge in [0.2, 0.25) is 0 Å². The Morgan fingerprint density at radius 2 is 1.79 bits per heavy atom. The molecule has 2 aromatic heterocycles. The average Bonchev–Trinajstić information content (AvgIpc) is 3.20. The number of fused-ring (bicyclic) bond motifs is 1. The van der Waals surface area contributed by atoms with Crippen molar-refractivity contribution >= 4 is 23.1 Å². The molecule has 0 N–H and O–H groups in total. The van der Waals surface area contributed by atoms with Crippen LogP contribution in [0.2, 0.25) is 0 Å². The molecule has 0 bridgehead atoms. The van der Waals surface area contributed by atoms with Gasteiger partial charge in [0.25, 0.3) is 0 Å². The van der Waals surface area contributed by atoms with Crippen LogP contribution in [0.15, 0.2) is 60.8 Å². The fraction of sp³-hybridized carbons (Fsp3) is 0.259. The van der Waals surface area contributed by atoms with Crippen LogP contribution in [-0.4, -0.2) is 21.4 Å². The molecule has 5 rings (SSSR count). The van der Waals surface area contributed by atoms with Gasteiger partial charge >= 0.3 is 0 Å². The maximum Gasteiger partial charge on any atom is 0.150 e. The molecule has 2 aromatic carbocycles. The van der Waals surface area contributed by atoms with E-state index in [0.29, 0.717) is 18.4 Å². The first kappa shape index (κ1) is 21.5. The minimum absolute atomic E-state index is 0.0700. The highest BCUT2D eigenvalue weighted by molar-refractivity contribution is 5.90. The van der Waals surface area contributed by atoms with Gasteiger partial charge in [-0.15, -0.1) is 0 Å². The monoisotopic (exact) mass is 445 g/mol. The van der Waals surface area contributed by atoms with E-state index in [1.807, 2.05) is 35.0 Å². The minimum Gasteiger partial charge on any atom is -0.356 e. The van der Waals surface area contributed by atoms with Crippen LogP contribution in [0.25, 0.3) is 23.1 Å². The Bertz CT molecular complexity index is 1260. The lowest BCUT2D eigenvalue weighted by atomic mass is 10.0. The molecule has 4 nitrogen and oxygen atoms in total. The van der Waals surface area contributed by atoms with Gasteiger partial charge in [0, 0.05) is 24.3 Å². The second kappa shape index (κ2) is 9.63. The highest BCUT2D eigenvalue weighted by Crippen LogP contribution is 2.30. The number of halogens is 2. The molecule has 0 radical (unpaired) electrons. The van der Waals surface area contributed by atoms with Crippen molar-refractivity contribution in [2.45, 2.75) is 38.3 Å². The molecule has 1 unspecified atom stereocenters. The molecule has 0 amide bonds. The number of pyridine rings is 1. The summed E-state index contributed by atoms with van der Waals surface area (Å²) in [4.78, 5) is 4.36. The zero-order valence-corrected chi connectivity index (χ0v) is 18.3. The molecular weight excluding hydrogens is 420 g/mol. The fourth-order valence-corrected chi connectivity index (χ4v) is 4.31. The largest absolute Gasteiger partial charge is 0.356 e. The lowest BCUT2D eigenvalue weighted by molar-refractivity contribution is -0.0367. The van der Waals surface area contributed by atoms with Gasteiger partial charge in [0.1, 0.15) is 11.6 Å². The zero-order valence-electron chi connectivity index (χ0n) is 18.3. The van der Waals surface area contributed by atoms with Crippen LogP contribution in [0.4, 0.5) is 8.78 Å². The van der Waals surface area contributed by atoms with Gasteiger partial charge in [0.15, 0.2) is 6.23 Å². The third kappa shape index (κ3) is 5.01. The summed E-state index contributed by atoms with van der Waals surface area (Å²) >= 11 is 0. The number of rotatable bonds is 6. The van der Waals surface area contributed by atoms with Crippen molar-refractivity contribution in [2.24, 2.45) is 0 Å². The first-order valence-corrected chi connectivity index (χ1v) is 11.3. The second-order valence-corrected chi connectivity index (χ2v) is 8.37. The summed E-state index contributed by atoms with van der Waals surface area (Å²) in [6.07, 6.45) is 9.99. The number of hydrogen-bond donors (Lipinski definition) is 0. The van der Waals surface area contributed by atoms with Crippen LogP contribution in [0.3, 0.4) is 0 Å². The topological polar surface area (TPSA) is 39.9 Å².